The van der Waals surface area contributed by atoms with Crippen LogP contribution >= 0.6 is 22.9 Å². The zero-order chi connectivity index (χ0) is 12.3. The molecular formula is C12H10ClNO2S. The third-order valence-electron chi connectivity index (χ3n) is 2.20. The van der Waals surface area contributed by atoms with E-state index in [4.69, 9.17) is 11.6 Å². The lowest BCUT2D eigenvalue weighted by Crippen LogP contribution is -2.22. The van der Waals surface area contributed by atoms with Crippen molar-refractivity contribution in [1.29, 1.82) is 0 Å². The Kier molecular flexibility index (Phi) is 3.66. The highest BCUT2D eigenvalue weighted by atomic mass is 35.5. The van der Waals surface area contributed by atoms with Crippen molar-refractivity contribution in [3.63, 3.8) is 0 Å². The Morgan fingerprint density at radius 1 is 1.41 bits per heavy atom. The molecule has 2 aromatic rings. The smallest absolute Gasteiger partial charge is 0.253 e. The topological polar surface area (TPSA) is 49.3 Å². The Balaban J connectivity index is 2.07. The Morgan fingerprint density at radius 3 is 2.94 bits per heavy atom. The quantitative estimate of drug-likeness (QED) is 0.898. The molecule has 0 aliphatic rings. The van der Waals surface area contributed by atoms with Crippen molar-refractivity contribution >= 4 is 28.8 Å². The van der Waals surface area contributed by atoms with Gasteiger partial charge in [-0.3, -0.25) is 4.79 Å². The Bertz CT molecular complexity index is 525. The normalized spacial score (nSPS) is 10.2. The van der Waals surface area contributed by atoms with Gasteiger partial charge in [-0.2, -0.15) is 0 Å². The predicted molar refractivity (Wildman–Crippen MR) is 68.6 cm³/mol. The highest BCUT2D eigenvalue weighted by molar-refractivity contribution is 7.09. The van der Waals surface area contributed by atoms with Crippen LogP contribution in [0.2, 0.25) is 5.02 Å². The molecule has 0 aliphatic heterocycles. The molecule has 3 nitrogen and oxygen atoms in total. The maximum Gasteiger partial charge on any atom is 0.253 e. The second kappa shape index (κ2) is 5.21. The molecular weight excluding hydrogens is 258 g/mol. The molecule has 5 heteroatoms. The van der Waals surface area contributed by atoms with E-state index < -0.39 is 0 Å². The van der Waals surface area contributed by atoms with Crippen LogP contribution in [-0.4, -0.2) is 11.0 Å². The van der Waals surface area contributed by atoms with Crippen LogP contribution in [0.1, 0.15) is 15.2 Å². The number of phenolic OH excluding ortho intramolecular Hbond substituents is 1. The molecule has 0 radical (unpaired) electrons. The van der Waals surface area contributed by atoms with Crippen LogP contribution in [0.5, 0.6) is 5.75 Å². The number of nitrogens with one attached hydrogen (secondary N) is 1. The number of hydrogen-bond donors (Lipinski definition) is 2. The minimum absolute atomic E-state index is 0.0238. The number of benzene rings is 1. The summed E-state index contributed by atoms with van der Waals surface area (Å²) in [6, 6.07) is 8.16. The Labute approximate surface area is 108 Å². The standard InChI is InChI=1S/C12H10ClNO2S/c13-11-4-3-8(15)6-10(11)12(16)14-7-9-2-1-5-17-9/h1-6,15H,7H2,(H,14,16). The van der Waals surface area contributed by atoms with Crippen molar-refractivity contribution in [3.8, 4) is 5.75 Å². The summed E-state index contributed by atoms with van der Waals surface area (Å²) in [6.45, 7) is 0.461. The maximum atomic E-state index is 11.8. The van der Waals surface area contributed by atoms with Gasteiger partial charge in [0.2, 0.25) is 0 Å². The van der Waals surface area contributed by atoms with Gasteiger partial charge in [-0.1, -0.05) is 17.7 Å². The molecule has 0 atom stereocenters. The van der Waals surface area contributed by atoms with Gasteiger partial charge >= 0.3 is 0 Å². The number of halogens is 1. The van der Waals surface area contributed by atoms with Crippen molar-refractivity contribution in [1.82, 2.24) is 5.32 Å². The van der Waals surface area contributed by atoms with Gasteiger partial charge in [0.15, 0.2) is 0 Å². The van der Waals surface area contributed by atoms with E-state index in [-0.39, 0.29) is 17.2 Å². The fourth-order valence-electron chi connectivity index (χ4n) is 1.36. The molecule has 17 heavy (non-hydrogen) atoms. The van der Waals surface area contributed by atoms with Crippen LogP contribution in [0.4, 0.5) is 0 Å². The Morgan fingerprint density at radius 2 is 2.24 bits per heavy atom. The van der Waals surface area contributed by atoms with Crippen molar-refractivity contribution < 1.29 is 9.90 Å². The monoisotopic (exact) mass is 267 g/mol. The molecule has 88 valence electrons. The lowest BCUT2D eigenvalue weighted by molar-refractivity contribution is 0.0951. The SMILES string of the molecule is O=C(NCc1cccs1)c1cc(O)ccc1Cl. The van der Waals surface area contributed by atoms with Crippen molar-refractivity contribution in [2.24, 2.45) is 0 Å². The Hall–Kier alpha value is -1.52. The van der Waals surface area contributed by atoms with E-state index in [0.29, 0.717) is 11.6 Å². The molecule has 1 amide bonds. The van der Waals surface area contributed by atoms with Gasteiger partial charge < -0.3 is 10.4 Å². The van der Waals surface area contributed by atoms with Crippen LogP contribution in [-0.2, 0) is 6.54 Å². The summed E-state index contributed by atoms with van der Waals surface area (Å²) in [5.41, 5.74) is 0.281. The van der Waals surface area contributed by atoms with Crippen molar-refractivity contribution in [2.75, 3.05) is 0 Å². The van der Waals surface area contributed by atoms with Gasteiger partial charge in [0.25, 0.3) is 5.91 Å². The second-order valence-corrected chi connectivity index (χ2v) is 4.87. The van der Waals surface area contributed by atoms with Gasteiger partial charge in [-0.05, 0) is 29.6 Å². The summed E-state index contributed by atoms with van der Waals surface area (Å²) >= 11 is 7.45. The summed E-state index contributed by atoms with van der Waals surface area (Å²) in [4.78, 5) is 12.9. The maximum absolute atomic E-state index is 11.8. The third kappa shape index (κ3) is 2.99. The minimum Gasteiger partial charge on any atom is -0.508 e. The number of carbonyl (C=O) groups excluding carboxylic acids is 1. The van der Waals surface area contributed by atoms with Crippen LogP contribution in [0.15, 0.2) is 35.7 Å². The van der Waals surface area contributed by atoms with E-state index >= 15 is 0 Å². The molecule has 1 aromatic carbocycles. The summed E-state index contributed by atoms with van der Waals surface area (Å²) in [5, 5.41) is 14.3. The molecule has 0 bridgehead atoms. The van der Waals surface area contributed by atoms with E-state index in [9.17, 15) is 9.90 Å². The lowest BCUT2D eigenvalue weighted by Gasteiger charge is -2.06. The number of phenols is 1. The zero-order valence-electron chi connectivity index (χ0n) is 8.81. The highest BCUT2D eigenvalue weighted by Gasteiger charge is 2.10. The van der Waals surface area contributed by atoms with Crippen LogP contribution in [0.25, 0.3) is 0 Å². The molecule has 0 saturated carbocycles. The number of carbonyl (C=O) groups is 1. The van der Waals surface area contributed by atoms with Gasteiger partial charge in [-0.15, -0.1) is 11.3 Å². The first-order valence-electron chi connectivity index (χ1n) is 4.96. The summed E-state index contributed by atoms with van der Waals surface area (Å²) in [7, 11) is 0. The van der Waals surface area contributed by atoms with E-state index in [1.54, 1.807) is 11.3 Å². The second-order valence-electron chi connectivity index (χ2n) is 3.43. The molecule has 1 aromatic heterocycles. The van der Waals surface area contributed by atoms with Crippen LogP contribution < -0.4 is 5.32 Å². The van der Waals surface area contributed by atoms with Gasteiger partial charge in [0, 0.05) is 4.88 Å². The summed E-state index contributed by atoms with van der Waals surface area (Å²) < 4.78 is 0. The van der Waals surface area contributed by atoms with E-state index in [1.165, 1.54) is 18.2 Å². The first-order valence-corrected chi connectivity index (χ1v) is 6.21. The molecule has 0 aliphatic carbocycles. The molecule has 0 fully saturated rings. The number of aromatic hydroxyl groups is 1. The van der Waals surface area contributed by atoms with E-state index in [2.05, 4.69) is 5.32 Å². The first kappa shape index (κ1) is 12.0. The van der Waals surface area contributed by atoms with Crippen molar-refractivity contribution in [2.45, 2.75) is 6.54 Å². The summed E-state index contributed by atoms with van der Waals surface area (Å²) in [5.74, 6) is -0.269. The minimum atomic E-state index is -0.292. The lowest BCUT2D eigenvalue weighted by atomic mass is 10.2. The zero-order valence-corrected chi connectivity index (χ0v) is 10.4. The van der Waals surface area contributed by atoms with E-state index in [0.717, 1.165) is 4.88 Å². The van der Waals surface area contributed by atoms with Gasteiger partial charge in [0.1, 0.15) is 5.75 Å². The van der Waals surface area contributed by atoms with Gasteiger partial charge in [0.05, 0.1) is 17.1 Å². The fourth-order valence-corrected chi connectivity index (χ4v) is 2.21. The first-order chi connectivity index (χ1) is 8.16. The molecule has 0 saturated heterocycles. The largest absolute Gasteiger partial charge is 0.508 e. The molecule has 0 unspecified atom stereocenters. The van der Waals surface area contributed by atoms with Crippen LogP contribution in [0.3, 0.4) is 0 Å². The van der Waals surface area contributed by atoms with Crippen LogP contribution in [0, 0.1) is 0 Å². The average Bonchev–Trinajstić information content (AvgIpc) is 2.82. The number of rotatable bonds is 3. The highest BCUT2D eigenvalue weighted by Crippen LogP contribution is 2.21. The number of hydrogen-bond acceptors (Lipinski definition) is 3. The predicted octanol–water partition coefficient (Wildman–Crippen LogP) is 3.04. The average molecular weight is 268 g/mol. The number of amides is 1. The van der Waals surface area contributed by atoms with Gasteiger partial charge in [-0.25, -0.2) is 0 Å². The third-order valence-corrected chi connectivity index (χ3v) is 3.40. The van der Waals surface area contributed by atoms with E-state index in [1.807, 2.05) is 17.5 Å². The summed E-state index contributed by atoms with van der Waals surface area (Å²) in [6.07, 6.45) is 0. The number of thiophene rings is 1. The molecule has 2 rings (SSSR count). The molecule has 1 heterocycles. The van der Waals surface area contributed by atoms with Crippen molar-refractivity contribution in [3.05, 3.63) is 51.2 Å². The molecule has 2 N–H and O–H groups in total. The fraction of sp³-hybridized carbons (Fsp3) is 0.0833. The molecule has 0 spiro atoms.